The van der Waals surface area contributed by atoms with Crippen molar-refractivity contribution >= 4 is 12.1 Å². The number of alkyl carbamates (subject to hydrolysis) is 1. The van der Waals surface area contributed by atoms with Crippen LogP contribution in [0.3, 0.4) is 0 Å². The largest absolute Gasteiger partial charge is 0.481 e. The van der Waals surface area contributed by atoms with Crippen molar-refractivity contribution in [1.29, 1.82) is 0 Å². The molecule has 2 bridgehead atoms. The Balaban J connectivity index is 1.85. The van der Waals surface area contributed by atoms with E-state index in [0.717, 1.165) is 18.3 Å². The van der Waals surface area contributed by atoms with E-state index in [1.807, 2.05) is 27.7 Å². The normalized spacial score (nSPS) is 28.3. The number of hydrogen-bond donors (Lipinski definition) is 2. The highest BCUT2D eigenvalue weighted by Gasteiger charge is 2.37. The summed E-state index contributed by atoms with van der Waals surface area (Å²) in [6, 6.07) is -0.245. The maximum absolute atomic E-state index is 11.9. The monoisotopic (exact) mass is 383 g/mol. The highest BCUT2D eigenvalue weighted by molar-refractivity contribution is 5.70. The molecule has 1 amide bonds. The minimum Gasteiger partial charge on any atom is -0.481 e. The molecular formula is C21H37NO5. The van der Waals surface area contributed by atoms with Crippen LogP contribution in [0.15, 0.2) is 0 Å². The Morgan fingerprint density at radius 2 is 1.70 bits per heavy atom. The van der Waals surface area contributed by atoms with Crippen molar-refractivity contribution in [3.05, 3.63) is 0 Å². The fraction of sp³-hybridized carbons (Fsp3) is 0.905. The number of carboxylic acid groups (broad SMARTS) is 1. The van der Waals surface area contributed by atoms with Crippen LogP contribution in [0.1, 0.15) is 73.1 Å². The molecule has 27 heavy (non-hydrogen) atoms. The third-order valence-electron chi connectivity index (χ3n) is 5.82. The van der Waals surface area contributed by atoms with Gasteiger partial charge >= 0.3 is 12.1 Å². The van der Waals surface area contributed by atoms with E-state index in [0.29, 0.717) is 5.92 Å². The Hall–Kier alpha value is -1.30. The van der Waals surface area contributed by atoms with Crippen LogP contribution in [0, 0.1) is 23.7 Å². The highest BCUT2D eigenvalue weighted by Crippen LogP contribution is 2.46. The number of nitrogens with one attached hydrogen (secondary N) is 1. The second-order valence-electron chi connectivity index (χ2n) is 9.66. The van der Waals surface area contributed by atoms with E-state index in [9.17, 15) is 14.7 Å². The number of aliphatic carboxylic acids is 1. The zero-order valence-corrected chi connectivity index (χ0v) is 17.5. The molecule has 2 rings (SSSR count). The van der Waals surface area contributed by atoms with Gasteiger partial charge in [-0.05, 0) is 78.1 Å². The molecule has 6 atom stereocenters. The van der Waals surface area contributed by atoms with Crippen LogP contribution in [-0.2, 0) is 14.3 Å². The van der Waals surface area contributed by atoms with E-state index in [1.165, 1.54) is 32.1 Å². The molecule has 0 aromatic rings. The fourth-order valence-corrected chi connectivity index (χ4v) is 4.56. The predicted octanol–water partition coefficient (Wildman–Crippen LogP) is 4.22. The summed E-state index contributed by atoms with van der Waals surface area (Å²) in [7, 11) is 0. The molecule has 2 aliphatic rings. The number of carboxylic acids is 1. The van der Waals surface area contributed by atoms with Gasteiger partial charge in [-0.1, -0.05) is 12.8 Å². The van der Waals surface area contributed by atoms with Crippen LogP contribution in [0.25, 0.3) is 0 Å². The maximum Gasteiger partial charge on any atom is 0.407 e. The van der Waals surface area contributed by atoms with Crippen LogP contribution < -0.4 is 5.32 Å². The molecule has 1 unspecified atom stereocenters. The molecule has 2 fully saturated rings. The van der Waals surface area contributed by atoms with Crippen molar-refractivity contribution in [1.82, 2.24) is 5.32 Å². The number of ether oxygens (including phenoxy) is 2. The summed E-state index contributed by atoms with van der Waals surface area (Å²) in [4.78, 5) is 23.4. The van der Waals surface area contributed by atoms with Crippen molar-refractivity contribution in [2.24, 2.45) is 23.7 Å². The predicted molar refractivity (Wildman–Crippen MR) is 104 cm³/mol. The fourth-order valence-electron chi connectivity index (χ4n) is 4.56. The second-order valence-corrected chi connectivity index (χ2v) is 9.66. The maximum atomic E-state index is 11.9. The number of hydrogen-bond acceptors (Lipinski definition) is 4. The van der Waals surface area contributed by atoms with Crippen molar-refractivity contribution in [2.45, 2.75) is 90.9 Å². The third kappa shape index (κ3) is 7.32. The van der Waals surface area contributed by atoms with Crippen LogP contribution in [0.4, 0.5) is 4.79 Å². The highest BCUT2D eigenvalue weighted by atomic mass is 16.6. The molecule has 2 N–H and O–H groups in total. The average Bonchev–Trinajstić information content (AvgIpc) is 2.87. The summed E-state index contributed by atoms with van der Waals surface area (Å²) in [5.74, 6) is 0.812. The van der Waals surface area contributed by atoms with E-state index in [-0.39, 0.29) is 18.8 Å². The van der Waals surface area contributed by atoms with Gasteiger partial charge in [0, 0.05) is 0 Å². The average molecular weight is 384 g/mol. The first kappa shape index (κ1) is 22.0. The number of amides is 1. The summed E-state index contributed by atoms with van der Waals surface area (Å²) < 4.78 is 11.3. The molecular weight excluding hydrogens is 346 g/mol. The lowest BCUT2D eigenvalue weighted by Crippen LogP contribution is -2.41. The van der Waals surface area contributed by atoms with Crippen molar-refractivity contribution in [2.75, 3.05) is 6.61 Å². The zero-order chi connectivity index (χ0) is 20.2. The van der Waals surface area contributed by atoms with E-state index < -0.39 is 23.6 Å². The molecule has 0 aliphatic heterocycles. The first-order valence-corrected chi connectivity index (χ1v) is 10.4. The number of rotatable bonds is 8. The molecule has 156 valence electrons. The van der Waals surface area contributed by atoms with Gasteiger partial charge in [-0.3, -0.25) is 4.79 Å². The summed E-state index contributed by atoms with van der Waals surface area (Å²) in [6.07, 6.45) is 6.41. The third-order valence-corrected chi connectivity index (χ3v) is 5.82. The Bertz CT molecular complexity index is 503. The van der Waals surface area contributed by atoms with Crippen molar-refractivity contribution in [3.63, 3.8) is 0 Å². The molecule has 6 heteroatoms. The number of carbonyl (C=O) groups is 2. The van der Waals surface area contributed by atoms with Crippen molar-refractivity contribution < 1.29 is 24.2 Å². The van der Waals surface area contributed by atoms with E-state index in [2.05, 4.69) is 5.32 Å². The smallest absolute Gasteiger partial charge is 0.407 e. The van der Waals surface area contributed by atoms with Crippen LogP contribution in [0.5, 0.6) is 0 Å². The Kier molecular flexibility index (Phi) is 7.55. The summed E-state index contributed by atoms with van der Waals surface area (Å²) in [6.45, 7) is 9.28. The summed E-state index contributed by atoms with van der Waals surface area (Å²) >= 11 is 0. The van der Waals surface area contributed by atoms with Gasteiger partial charge in [0.25, 0.3) is 0 Å². The molecule has 0 heterocycles. The molecule has 2 saturated carbocycles. The van der Waals surface area contributed by atoms with Gasteiger partial charge in [-0.15, -0.1) is 0 Å². The number of carbonyl (C=O) groups excluding carboxylic acids is 1. The molecule has 0 aromatic heterocycles. The first-order valence-electron chi connectivity index (χ1n) is 10.4. The second kappa shape index (κ2) is 9.26. The molecule has 6 nitrogen and oxygen atoms in total. The van der Waals surface area contributed by atoms with Gasteiger partial charge in [-0.25, -0.2) is 4.79 Å². The summed E-state index contributed by atoms with van der Waals surface area (Å²) in [5, 5.41) is 12.2. The van der Waals surface area contributed by atoms with Gasteiger partial charge in [0.2, 0.25) is 0 Å². The first-order chi connectivity index (χ1) is 12.5. The Morgan fingerprint density at radius 3 is 2.22 bits per heavy atom. The van der Waals surface area contributed by atoms with Crippen LogP contribution >= 0.6 is 0 Å². The molecule has 2 aliphatic carbocycles. The van der Waals surface area contributed by atoms with Crippen LogP contribution in [-0.4, -0.2) is 41.5 Å². The zero-order valence-electron chi connectivity index (χ0n) is 17.5. The Labute approximate surface area is 163 Å². The molecule has 0 aromatic carbocycles. The SMILES string of the molecule is C[C@H](CO[C@H](CC1C[C@H]2CC[C@@H](C1)C2)[C@@H](C)C(=O)O)NC(=O)OC(C)(C)C. The van der Waals surface area contributed by atoms with E-state index in [4.69, 9.17) is 9.47 Å². The lowest BCUT2D eigenvalue weighted by molar-refractivity contribution is -0.147. The minimum atomic E-state index is -0.827. The standard InChI is InChI=1S/C21H37NO5/c1-13(22-20(25)27-21(3,4)5)12-26-18(14(2)19(23)24)11-17-9-15-6-7-16(8-15)10-17/h13-18H,6-12H2,1-5H3,(H,22,25)(H,23,24)/t13-,14-,15-,16+,17?,18-/m1/s1. The van der Waals surface area contributed by atoms with Gasteiger partial charge in [0.05, 0.1) is 24.7 Å². The molecule has 0 saturated heterocycles. The molecule has 0 spiro atoms. The van der Waals surface area contributed by atoms with Gasteiger partial charge in [-0.2, -0.15) is 0 Å². The van der Waals surface area contributed by atoms with Gasteiger partial charge in [0.1, 0.15) is 5.60 Å². The molecule has 0 radical (unpaired) electrons. The number of fused-ring (bicyclic) bond motifs is 2. The van der Waals surface area contributed by atoms with E-state index >= 15 is 0 Å². The van der Waals surface area contributed by atoms with E-state index in [1.54, 1.807) is 6.92 Å². The topological polar surface area (TPSA) is 84.9 Å². The van der Waals surface area contributed by atoms with Gasteiger partial charge < -0.3 is 19.9 Å². The van der Waals surface area contributed by atoms with Gasteiger partial charge in [0.15, 0.2) is 0 Å². The quantitative estimate of drug-likeness (QED) is 0.655. The Morgan fingerprint density at radius 1 is 1.11 bits per heavy atom. The lowest BCUT2D eigenvalue weighted by Gasteiger charge is -2.32. The van der Waals surface area contributed by atoms with Crippen LogP contribution in [0.2, 0.25) is 0 Å². The minimum absolute atomic E-state index is 0.245. The lowest BCUT2D eigenvalue weighted by atomic mass is 9.77. The summed E-state index contributed by atoms with van der Waals surface area (Å²) in [5.41, 5.74) is -0.550. The van der Waals surface area contributed by atoms with Crippen molar-refractivity contribution in [3.8, 4) is 0 Å².